The Morgan fingerprint density at radius 3 is 2.50 bits per heavy atom. The van der Waals surface area contributed by atoms with Crippen LogP contribution >= 0.6 is 0 Å². The van der Waals surface area contributed by atoms with E-state index >= 15 is 0 Å². The molecular weight excluding hydrogens is 236 g/mol. The van der Waals surface area contributed by atoms with E-state index in [0.29, 0.717) is 5.76 Å². The van der Waals surface area contributed by atoms with Crippen molar-refractivity contribution in [2.24, 2.45) is 0 Å². The second-order valence-corrected chi connectivity index (χ2v) is 4.33. The third-order valence-electron chi connectivity index (χ3n) is 2.28. The van der Waals surface area contributed by atoms with Crippen molar-refractivity contribution in [2.75, 3.05) is 6.54 Å². The van der Waals surface area contributed by atoms with Crippen molar-refractivity contribution in [1.82, 2.24) is 10.6 Å². The summed E-state index contributed by atoms with van der Waals surface area (Å²) in [6, 6.07) is 2.85. The number of carbonyl (C=O) groups excluding carboxylic acids is 1. The first-order chi connectivity index (χ1) is 8.40. The van der Waals surface area contributed by atoms with E-state index in [1.54, 1.807) is 13.0 Å². The maximum absolute atomic E-state index is 11.4. The minimum absolute atomic E-state index is 0.0943. The topological polar surface area (TPSA) is 91.6 Å². The Balaban J connectivity index is 2.47. The van der Waals surface area contributed by atoms with Gasteiger partial charge in [-0.05, 0) is 32.9 Å². The molecule has 0 bridgehead atoms. The molecule has 0 saturated carbocycles. The molecule has 0 spiro atoms. The van der Waals surface area contributed by atoms with Gasteiger partial charge < -0.3 is 14.8 Å². The summed E-state index contributed by atoms with van der Waals surface area (Å²) in [6.45, 7) is 5.72. The first kappa shape index (κ1) is 14.2. The van der Waals surface area contributed by atoms with Gasteiger partial charge >= 0.3 is 5.97 Å². The van der Waals surface area contributed by atoms with E-state index in [-0.39, 0.29) is 30.3 Å². The molecule has 0 saturated heterocycles. The van der Waals surface area contributed by atoms with Crippen molar-refractivity contribution in [3.05, 3.63) is 23.7 Å². The Morgan fingerprint density at radius 1 is 1.33 bits per heavy atom. The molecule has 0 fully saturated rings. The van der Waals surface area contributed by atoms with Gasteiger partial charge in [-0.1, -0.05) is 0 Å². The Hall–Kier alpha value is -1.82. The fraction of sp³-hybridized carbons (Fsp3) is 0.500. The fourth-order valence-electron chi connectivity index (χ4n) is 1.42. The lowest BCUT2D eigenvalue weighted by atomic mass is 10.2. The molecule has 0 aliphatic rings. The number of amides is 1. The summed E-state index contributed by atoms with van der Waals surface area (Å²) in [6.07, 6.45) is 0. The van der Waals surface area contributed by atoms with Gasteiger partial charge in [0.05, 0.1) is 12.6 Å². The van der Waals surface area contributed by atoms with E-state index in [1.165, 1.54) is 6.07 Å². The smallest absolute Gasteiger partial charge is 0.371 e. The molecule has 18 heavy (non-hydrogen) atoms. The zero-order valence-corrected chi connectivity index (χ0v) is 10.7. The number of nitrogens with one attached hydrogen (secondary N) is 2. The molecule has 1 atom stereocenters. The Morgan fingerprint density at radius 2 is 2.00 bits per heavy atom. The third kappa shape index (κ3) is 4.21. The van der Waals surface area contributed by atoms with E-state index in [2.05, 4.69) is 10.6 Å². The van der Waals surface area contributed by atoms with Gasteiger partial charge in [-0.2, -0.15) is 0 Å². The number of carbonyl (C=O) groups is 2. The number of carboxylic acids is 1. The standard InChI is InChI=1S/C12H18N2O4/c1-7(2)14-11(15)6-13-8(3)9-4-5-10(18-9)12(16)17/h4-5,7-8,13H,6H2,1-3H3,(H,14,15)(H,16,17). The molecule has 1 aromatic heterocycles. The van der Waals surface area contributed by atoms with Crippen molar-refractivity contribution in [2.45, 2.75) is 32.9 Å². The average Bonchev–Trinajstić information content (AvgIpc) is 2.74. The van der Waals surface area contributed by atoms with Crippen LogP contribution in [0, 0.1) is 0 Å². The lowest BCUT2D eigenvalue weighted by molar-refractivity contribution is -0.120. The predicted molar refractivity (Wildman–Crippen MR) is 65.4 cm³/mol. The van der Waals surface area contributed by atoms with Crippen LogP contribution in [0.25, 0.3) is 0 Å². The summed E-state index contributed by atoms with van der Waals surface area (Å²) < 4.78 is 5.13. The Kier molecular flexibility index (Phi) is 4.91. The van der Waals surface area contributed by atoms with Gasteiger partial charge in [-0.25, -0.2) is 4.79 Å². The highest BCUT2D eigenvalue weighted by molar-refractivity contribution is 5.84. The van der Waals surface area contributed by atoms with E-state index in [4.69, 9.17) is 9.52 Å². The molecule has 0 radical (unpaired) electrons. The molecule has 0 aromatic carbocycles. The molecule has 0 aliphatic carbocycles. The molecule has 0 aliphatic heterocycles. The zero-order valence-electron chi connectivity index (χ0n) is 10.7. The second kappa shape index (κ2) is 6.20. The zero-order chi connectivity index (χ0) is 13.7. The maximum atomic E-state index is 11.4. The summed E-state index contributed by atoms with van der Waals surface area (Å²) >= 11 is 0. The van der Waals surface area contributed by atoms with E-state index in [9.17, 15) is 9.59 Å². The molecule has 3 N–H and O–H groups in total. The highest BCUT2D eigenvalue weighted by Gasteiger charge is 2.14. The Bertz CT molecular complexity index is 425. The number of carboxylic acid groups (broad SMARTS) is 1. The number of hydrogen-bond donors (Lipinski definition) is 3. The molecule has 6 heteroatoms. The lowest BCUT2D eigenvalue weighted by Crippen LogP contribution is -2.38. The molecule has 1 heterocycles. The fourth-order valence-corrected chi connectivity index (χ4v) is 1.42. The highest BCUT2D eigenvalue weighted by atomic mass is 16.4. The third-order valence-corrected chi connectivity index (χ3v) is 2.28. The van der Waals surface area contributed by atoms with E-state index < -0.39 is 5.97 Å². The summed E-state index contributed by atoms with van der Waals surface area (Å²) in [5, 5.41) is 14.4. The van der Waals surface area contributed by atoms with Gasteiger partial charge in [-0.3, -0.25) is 10.1 Å². The van der Waals surface area contributed by atoms with Crippen LogP contribution in [0.5, 0.6) is 0 Å². The largest absolute Gasteiger partial charge is 0.475 e. The molecular formula is C12H18N2O4. The number of furan rings is 1. The van der Waals surface area contributed by atoms with Crippen LogP contribution in [0.2, 0.25) is 0 Å². The van der Waals surface area contributed by atoms with Gasteiger partial charge in [0.15, 0.2) is 0 Å². The number of hydrogen-bond acceptors (Lipinski definition) is 4. The van der Waals surface area contributed by atoms with Crippen LogP contribution in [0.4, 0.5) is 0 Å². The summed E-state index contributed by atoms with van der Waals surface area (Å²) in [5.41, 5.74) is 0. The molecule has 6 nitrogen and oxygen atoms in total. The SMILES string of the molecule is CC(C)NC(=O)CNC(C)c1ccc(C(=O)O)o1. The summed E-state index contributed by atoms with van der Waals surface area (Å²) in [5.74, 6) is -0.831. The summed E-state index contributed by atoms with van der Waals surface area (Å²) in [7, 11) is 0. The lowest BCUT2D eigenvalue weighted by Gasteiger charge is -2.12. The van der Waals surface area contributed by atoms with E-state index in [0.717, 1.165) is 0 Å². The van der Waals surface area contributed by atoms with Gasteiger partial charge in [0.1, 0.15) is 5.76 Å². The number of aromatic carboxylic acids is 1. The quantitative estimate of drug-likeness (QED) is 0.708. The highest BCUT2D eigenvalue weighted by Crippen LogP contribution is 2.15. The summed E-state index contributed by atoms with van der Waals surface area (Å²) in [4.78, 5) is 22.1. The first-order valence-corrected chi connectivity index (χ1v) is 5.76. The van der Waals surface area contributed by atoms with Crippen molar-refractivity contribution in [3.8, 4) is 0 Å². The minimum atomic E-state index is -1.11. The van der Waals surface area contributed by atoms with Crippen LogP contribution in [0.1, 0.15) is 43.1 Å². The molecule has 1 amide bonds. The van der Waals surface area contributed by atoms with Crippen LogP contribution < -0.4 is 10.6 Å². The van der Waals surface area contributed by atoms with E-state index in [1.807, 2.05) is 13.8 Å². The van der Waals surface area contributed by atoms with Crippen LogP contribution in [-0.2, 0) is 4.79 Å². The van der Waals surface area contributed by atoms with Crippen molar-refractivity contribution >= 4 is 11.9 Å². The van der Waals surface area contributed by atoms with Crippen LogP contribution in [0.3, 0.4) is 0 Å². The van der Waals surface area contributed by atoms with Gasteiger partial charge in [0, 0.05) is 6.04 Å². The average molecular weight is 254 g/mol. The molecule has 1 rings (SSSR count). The first-order valence-electron chi connectivity index (χ1n) is 5.76. The van der Waals surface area contributed by atoms with Crippen molar-refractivity contribution < 1.29 is 19.1 Å². The molecule has 1 unspecified atom stereocenters. The number of rotatable bonds is 6. The monoisotopic (exact) mass is 254 g/mol. The van der Waals surface area contributed by atoms with Crippen LogP contribution in [0.15, 0.2) is 16.5 Å². The normalized spacial score (nSPS) is 12.4. The molecule has 1 aromatic rings. The van der Waals surface area contributed by atoms with Crippen molar-refractivity contribution in [1.29, 1.82) is 0 Å². The molecule has 100 valence electrons. The predicted octanol–water partition coefficient (Wildman–Crippen LogP) is 1.15. The second-order valence-electron chi connectivity index (χ2n) is 4.33. The minimum Gasteiger partial charge on any atom is -0.475 e. The van der Waals surface area contributed by atoms with Gasteiger partial charge in [0.25, 0.3) is 0 Å². The van der Waals surface area contributed by atoms with Gasteiger partial charge in [-0.15, -0.1) is 0 Å². The Labute approximate surface area is 105 Å². The van der Waals surface area contributed by atoms with Gasteiger partial charge in [0.2, 0.25) is 11.7 Å². The van der Waals surface area contributed by atoms with Crippen LogP contribution in [-0.4, -0.2) is 29.6 Å². The maximum Gasteiger partial charge on any atom is 0.371 e. The van der Waals surface area contributed by atoms with Crippen molar-refractivity contribution in [3.63, 3.8) is 0 Å².